The van der Waals surface area contributed by atoms with Crippen molar-refractivity contribution in [3.63, 3.8) is 0 Å². The van der Waals surface area contributed by atoms with Crippen LogP contribution in [0.2, 0.25) is 0 Å². The number of amides is 1. The van der Waals surface area contributed by atoms with Crippen molar-refractivity contribution in [1.29, 1.82) is 0 Å². The van der Waals surface area contributed by atoms with Crippen molar-refractivity contribution in [1.82, 2.24) is 4.72 Å². The Hall–Kier alpha value is -2.18. The first-order chi connectivity index (χ1) is 12.3. The zero-order valence-corrected chi connectivity index (χ0v) is 16.1. The van der Waals surface area contributed by atoms with E-state index in [2.05, 4.69) is 23.9 Å². The molecule has 5 nitrogen and oxygen atoms in total. The Bertz CT molecular complexity index is 919. The number of anilines is 1. The molecule has 0 aromatic heterocycles. The number of carbonyl (C=O) groups is 1. The summed E-state index contributed by atoms with van der Waals surface area (Å²) in [6.45, 7) is 6.08. The zero-order valence-electron chi connectivity index (χ0n) is 15.2. The van der Waals surface area contributed by atoms with Gasteiger partial charge in [-0.3, -0.25) is 4.79 Å². The Labute approximate surface area is 154 Å². The summed E-state index contributed by atoms with van der Waals surface area (Å²) in [7, 11) is -3.64. The molecule has 3 rings (SSSR count). The first-order valence-corrected chi connectivity index (χ1v) is 10.3. The molecule has 1 aliphatic rings. The standard InChI is InChI=1S/C20H24N2O3S/c1-13(2)15-4-6-16(7-5-15)14(3)22-26(24,25)18-9-10-19-17(12-18)8-11-20(23)21-19/h4-7,9-10,12-14,22H,8,11H2,1-3H3,(H,21,23). The number of fused-ring (bicyclic) bond motifs is 1. The summed E-state index contributed by atoms with van der Waals surface area (Å²) in [6.07, 6.45) is 0.930. The smallest absolute Gasteiger partial charge is 0.241 e. The number of nitrogens with one attached hydrogen (secondary N) is 2. The first-order valence-electron chi connectivity index (χ1n) is 8.81. The molecule has 0 saturated heterocycles. The lowest BCUT2D eigenvalue weighted by atomic mass is 10.00. The molecule has 0 bridgehead atoms. The summed E-state index contributed by atoms with van der Waals surface area (Å²) in [5.41, 5.74) is 3.68. The molecular formula is C20H24N2O3S. The summed E-state index contributed by atoms with van der Waals surface area (Å²) in [6, 6.07) is 12.5. The van der Waals surface area contributed by atoms with E-state index in [1.54, 1.807) is 12.1 Å². The van der Waals surface area contributed by atoms with Gasteiger partial charge in [0, 0.05) is 18.2 Å². The number of hydrogen-bond acceptors (Lipinski definition) is 3. The molecule has 1 atom stereocenters. The van der Waals surface area contributed by atoms with Gasteiger partial charge in [-0.25, -0.2) is 13.1 Å². The van der Waals surface area contributed by atoms with E-state index in [4.69, 9.17) is 0 Å². The van der Waals surface area contributed by atoms with Crippen LogP contribution in [0.4, 0.5) is 5.69 Å². The molecule has 26 heavy (non-hydrogen) atoms. The minimum absolute atomic E-state index is 0.0373. The summed E-state index contributed by atoms with van der Waals surface area (Å²) in [5, 5.41) is 2.77. The lowest BCUT2D eigenvalue weighted by Gasteiger charge is -2.19. The molecule has 1 heterocycles. The van der Waals surface area contributed by atoms with Crippen molar-refractivity contribution >= 4 is 21.6 Å². The lowest BCUT2D eigenvalue weighted by Crippen LogP contribution is -2.27. The molecule has 0 fully saturated rings. The van der Waals surface area contributed by atoms with Crippen LogP contribution >= 0.6 is 0 Å². The van der Waals surface area contributed by atoms with E-state index in [9.17, 15) is 13.2 Å². The van der Waals surface area contributed by atoms with E-state index in [0.29, 0.717) is 24.4 Å². The second kappa shape index (κ2) is 7.21. The van der Waals surface area contributed by atoms with E-state index in [0.717, 1.165) is 11.1 Å². The third-order valence-electron chi connectivity index (χ3n) is 4.72. The minimum Gasteiger partial charge on any atom is -0.326 e. The van der Waals surface area contributed by atoms with Gasteiger partial charge in [-0.2, -0.15) is 0 Å². The van der Waals surface area contributed by atoms with Gasteiger partial charge in [-0.15, -0.1) is 0 Å². The average molecular weight is 372 g/mol. The van der Waals surface area contributed by atoms with Crippen LogP contribution < -0.4 is 10.0 Å². The second-order valence-corrected chi connectivity index (χ2v) is 8.75. The largest absolute Gasteiger partial charge is 0.326 e. The average Bonchev–Trinajstić information content (AvgIpc) is 2.60. The van der Waals surface area contributed by atoms with Gasteiger partial charge in [0.1, 0.15) is 0 Å². The van der Waals surface area contributed by atoms with Crippen LogP contribution in [0.25, 0.3) is 0 Å². The fourth-order valence-corrected chi connectivity index (χ4v) is 4.35. The lowest BCUT2D eigenvalue weighted by molar-refractivity contribution is -0.116. The highest BCUT2D eigenvalue weighted by atomic mass is 32.2. The Morgan fingerprint density at radius 1 is 0.962 bits per heavy atom. The number of aryl methyl sites for hydroxylation is 1. The molecule has 6 heteroatoms. The summed E-state index contributed by atoms with van der Waals surface area (Å²) in [4.78, 5) is 11.7. The van der Waals surface area contributed by atoms with E-state index in [-0.39, 0.29) is 16.8 Å². The van der Waals surface area contributed by atoms with Crippen molar-refractivity contribution in [2.45, 2.75) is 50.5 Å². The number of sulfonamides is 1. The highest BCUT2D eigenvalue weighted by molar-refractivity contribution is 7.89. The molecule has 1 amide bonds. The van der Waals surface area contributed by atoms with Crippen molar-refractivity contribution in [2.75, 3.05) is 5.32 Å². The van der Waals surface area contributed by atoms with Crippen molar-refractivity contribution in [3.8, 4) is 0 Å². The molecular weight excluding hydrogens is 348 g/mol. The molecule has 2 aromatic carbocycles. The Morgan fingerprint density at radius 2 is 1.62 bits per heavy atom. The highest BCUT2D eigenvalue weighted by Gasteiger charge is 2.22. The van der Waals surface area contributed by atoms with Gasteiger partial charge >= 0.3 is 0 Å². The van der Waals surface area contributed by atoms with Crippen molar-refractivity contribution in [2.24, 2.45) is 0 Å². The van der Waals surface area contributed by atoms with Gasteiger partial charge in [0.15, 0.2) is 0 Å². The van der Waals surface area contributed by atoms with Crippen LogP contribution in [0.15, 0.2) is 47.4 Å². The van der Waals surface area contributed by atoms with Gasteiger partial charge in [-0.05, 0) is 54.2 Å². The second-order valence-electron chi connectivity index (χ2n) is 7.03. The van der Waals surface area contributed by atoms with Crippen LogP contribution in [0.1, 0.15) is 55.8 Å². The summed E-state index contributed by atoms with van der Waals surface area (Å²) >= 11 is 0. The van der Waals surface area contributed by atoms with Crippen molar-refractivity contribution in [3.05, 3.63) is 59.2 Å². The molecule has 0 spiro atoms. The van der Waals surface area contributed by atoms with E-state index in [1.165, 1.54) is 11.6 Å². The molecule has 2 N–H and O–H groups in total. The van der Waals surface area contributed by atoms with Gasteiger partial charge in [-0.1, -0.05) is 38.1 Å². The number of benzene rings is 2. The Morgan fingerprint density at radius 3 is 2.27 bits per heavy atom. The number of carbonyl (C=O) groups excluding carboxylic acids is 1. The third-order valence-corrected chi connectivity index (χ3v) is 6.26. The Balaban J connectivity index is 1.79. The quantitative estimate of drug-likeness (QED) is 0.840. The van der Waals surface area contributed by atoms with Crippen LogP contribution in [-0.4, -0.2) is 14.3 Å². The molecule has 2 aromatic rings. The summed E-state index contributed by atoms with van der Waals surface area (Å²) in [5.74, 6) is 0.400. The maximum absolute atomic E-state index is 12.7. The SMILES string of the molecule is CC(C)c1ccc(C(C)NS(=O)(=O)c2ccc3c(c2)CCC(=O)N3)cc1. The topological polar surface area (TPSA) is 75.3 Å². The zero-order chi connectivity index (χ0) is 18.9. The molecule has 0 saturated carbocycles. The Kier molecular flexibility index (Phi) is 5.16. The molecule has 1 unspecified atom stereocenters. The first kappa shape index (κ1) is 18.6. The third kappa shape index (κ3) is 3.97. The van der Waals surface area contributed by atoms with Gasteiger partial charge < -0.3 is 5.32 Å². The summed E-state index contributed by atoms with van der Waals surface area (Å²) < 4.78 is 28.2. The van der Waals surface area contributed by atoms with E-state index in [1.807, 2.05) is 31.2 Å². The highest BCUT2D eigenvalue weighted by Crippen LogP contribution is 2.26. The van der Waals surface area contributed by atoms with E-state index < -0.39 is 10.0 Å². The normalized spacial score (nSPS) is 15.5. The molecule has 0 aliphatic carbocycles. The van der Waals surface area contributed by atoms with Crippen LogP contribution in [0.5, 0.6) is 0 Å². The maximum atomic E-state index is 12.7. The predicted octanol–water partition coefficient (Wildman–Crippen LogP) is 3.73. The number of hydrogen-bond donors (Lipinski definition) is 2. The van der Waals surface area contributed by atoms with Crippen LogP contribution in [-0.2, 0) is 21.2 Å². The fourth-order valence-electron chi connectivity index (χ4n) is 3.07. The molecule has 1 aliphatic heterocycles. The van der Waals surface area contributed by atoms with Gasteiger partial charge in [0.05, 0.1) is 4.90 Å². The van der Waals surface area contributed by atoms with Gasteiger partial charge in [0.25, 0.3) is 0 Å². The number of rotatable bonds is 5. The van der Waals surface area contributed by atoms with Crippen LogP contribution in [0, 0.1) is 0 Å². The molecule has 0 radical (unpaired) electrons. The van der Waals surface area contributed by atoms with Crippen LogP contribution in [0.3, 0.4) is 0 Å². The predicted molar refractivity (Wildman–Crippen MR) is 103 cm³/mol. The maximum Gasteiger partial charge on any atom is 0.241 e. The monoisotopic (exact) mass is 372 g/mol. The van der Waals surface area contributed by atoms with Crippen molar-refractivity contribution < 1.29 is 13.2 Å². The molecule has 138 valence electrons. The fraction of sp³-hybridized carbons (Fsp3) is 0.350. The van der Waals surface area contributed by atoms with Gasteiger partial charge in [0.2, 0.25) is 15.9 Å². The minimum atomic E-state index is -3.64. The van der Waals surface area contributed by atoms with E-state index >= 15 is 0 Å².